The number of hydrogen-bond acceptors (Lipinski definition) is 6. The van der Waals surface area contributed by atoms with Crippen molar-refractivity contribution >= 4 is 24.2 Å². The van der Waals surface area contributed by atoms with Crippen LogP contribution in [0.3, 0.4) is 0 Å². The van der Waals surface area contributed by atoms with Crippen LogP contribution in [0.1, 0.15) is 47.5 Å². The topological polar surface area (TPSA) is 86.7 Å². The first-order chi connectivity index (χ1) is 8.08. The first-order valence-electron chi connectivity index (χ1n) is 5.43. The Kier molecular flexibility index (Phi) is 9.66. The third-order valence-electron chi connectivity index (χ3n) is 1.17. The molecule has 6 nitrogen and oxygen atoms in total. The van der Waals surface area contributed by atoms with E-state index in [0.717, 1.165) is 0 Å². The van der Waals surface area contributed by atoms with Gasteiger partial charge >= 0.3 is 17.9 Å². The van der Waals surface area contributed by atoms with E-state index in [9.17, 15) is 19.2 Å². The number of hydrogen-bond donors (Lipinski definition) is 0. The summed E-state index contributed by atoms with van der Waals surface area (Å²) >= 11 is 0. The summed E-state index contributed by atoms with van der Waals surface area (Å²) in [6.45, 7) is 7.76. The molecule has 0 saturated carbocycles. The lowest BCUT2D eigenvalue weighted by molar-refractivity contribution is -0.157. The molecule has 0 unspecified atom stereocenters. The first kappa shape index (κ1) is 18.6. The fourth-order valence-electron chi connectivity index (χ4n) is 0.772. The fraction of sp³-hybridized carbons (Fsp3) is 0.667. The Labute approximate surface area is 107 Å². The van der Waals surface area contributed by atoms with Crippen LogP contribution in [-0.4, -0.2) is 29.8 Å². The molecule has 0 atom stereocenters. The molecule has 0 aliphatic rings. The molecular formula is C12H20O6. The van der Waals surface area contributed by atoms with Crippen LogP contribution in [0.25, 0.3) is 0 Å². The number of carbonyl (C=O) groups is 4. The van der Waals surface area contributed by atoms with Crippen molar-refractivity contribution in [2.24, 2.45) is 0 Å². The fourth-order valence-corrected chi connectivity index (χ4v) is 0.772. The SMILES string of the molecule is CC(=O)OC(C)=O.CC(C)(C)OC(=O)CCC=O. The molecule has 104 valence electrons. The molecule has 0 heterocycles. The van der Waals surface area contributed by atoms with E-state index in [2.05, 4.69) is 4.74 Å². The van der Waals surface area contributed by atoms with Crippen molar-refractivity contribution in [3.05, 3.63) is 0 Å². The Morgan fingerprint density at radius 1 is 1.06 bits per heavy atom. The van der Waals surface area contributed by atoms with E-state index in [1.54, 1.807) is 20.8 Å². The molecule has 0 radical (unpaired) electrons. The maximum absolute atomic E-state index is 10.8. The van der Waals surface area contributed by atoms with Crippen molar-refractivity contribution < 1.29 is 28.7 Å². The van der Waals surface area contributed by atoms with Crippen LogP contribution >= 0.6 is 0 Å². The summed E-state index contributed by atoms with van der Waals surface area (Å²) in [5.41, 5.74) is -0.444. The Morgan fingerprint density at radius 3 is 1.72 bits per heavy atom. The van der Waals surface area contributed by atoms with Gasteiger partial charge in [0.25, 0.3) is 0 Å². The second kappa shape index (κ2) is 9.32. The number of esters is 3. The summed E-state index contributed by atoms with van der Waals surface area (Å²) in [6.07, 6.45) is 1.14. The van der Waals surface area contributed by atoms with E-state index >= 15 is 0 Å². The molecule has 0 bridgehead atoms. The molecule has 0 aromatic carbocycles. The predicted molar refractivity (Wildman–Crippen MR) is 63.6 cm³/mol. The zero-order chi connectivity index (χ0) is 14.8. The standard InChI is InChI=1S/C8H14O3.C4H6O3/c1-8(2,3)11-7(10)5-4-6-9;1-3(5)7-4(2)6/h6H,4-5H2,1-3H3;1-2H3. The molecule has 0 N–H and O–H groups in total. The van der Waals surface area contributed by atoms with Crippen LogP contribution in [0, 0.1) is 0 Å². The summed E-state index contributed by atoms with van der Waals surface area (Å²) < 4.78 is 8.91. The van der Waals surface area contributed by atoms with Crippen molar-refractivity contribution in [3.8, 4) is 0 Å². The summed E-state index contributed by atoms with van der Waals surface area (Å²) in [6, 6.07) is 0. The van der Waals surface area contributed by atoms with Crippen LogP contribution < -0.4 is 0 Å². The smallest absolute Gasteiger partial charge is 0.310 e. The Hall–Kier alpha value is -1.72. The van der Waals surface area contributed by atoms with Gasteiger partial charge in [-0.2, -0.15) is 0 Å². The molecule has 0 rings (SSSR count). The summed E-state index contributed by atoms with van der Waals surface area (Å²) in [5.74, 6) is -1.44. The predicted octanol–water partition coefficient (Wildman–Crippen LogP) is 1.40. The summed E-state index contributed by atoms with van der Waals surface area (Å²) in [4.78, 5) is 40.3. The molecule has 18 heavy (non-hydrogen) atoms. The lowest BCUT2D eigenvalue weighted by Crippen LogP contribution is -2.23. The maximum Gasteiger partial charge on any atom is 0.310 e. The lowest BCUT2D eigenvalue weighted by Gasteiger charge is -2.18. The minimum absolute atomic E-state index is 0.181. The van der Waals surface area contributed by atoms with Gasteiger partial charge in [0, 0.05) is 20.3 Å². The molecule has 0 spiro atoms. The molecule has 0 aliphatic carbocycles. The molecular weight excluding hydrogens is 240 g/mol. The van der Waals surface area contributed by atoms with Gasteiger partial charge in [0.15, 0.2) is 0 Å². The third-order valence-corrected chi connectivity index (χ3v) is 1.17. The Morgan fingerprint density at radius 2 is 1.50 bits per heavy atom. The average Bonchev–Trinajstić information content (AvgIpc) is 2.10. The molecule has 0 aromatic rings. The largest absolute Gasteiger partial charge is 0.460 e. The molecule has 0 saturated heterocycles. The van der Waals surface area contributed by atoms with E-state index in [-0.39, 0.29) is 18.8 Å². The van der Waals surface area contributed by atoms with Gasteiger partial charge in [0.05, 0.1) is 6.42 Å². The highest BCUT2D eigenvalue weighted by Gasteiger charge is 2.15. The van der Waals surface area contributed by atoms with Crippen molar-refractivity contribution in [2.75, 3.05) is 0 Å². The van der Waals surface area contributed by atoms with Crippen LogP contribution in [-0.2, 0) is 28.7 Å². The highest BCUT2D eigenvalue weighted by molar-refractivity contribution is 5.82. The molecule has 0 aromatic heterocycles. The molecule has 0 amide bonds. The average molecular weight is 260 g/mol. The normalized spacial score (nSPS) is 9.61. The highest BCUT2D eigenvalue weighted by atomic mass is 16.6. The molecule has 6 heteroatoms. The molecule has 0 aliphatic heterocycles. The number of rotatable bonds is 3. The van der Waals surface area contributed by atoms with Crippen LogP contribution in [0.2, 0.25) is 0 Å². The summed E-state index contributed by atoms with van der Waals surface area (Å²) in [7, 11) is 0. The second-order valence-corrected chi connectivity index (χ2v) is 4.38. The van der Waals surface area contributed by atoms with Crippen molar-refractivity contribution in [1.29, 1.82) is 0 Å². The van der Waals surface area contributed by atoms with E-state index in [4.69, 9.17) is 4.74 Å². The van der Waals surface area contributed by atoms with Crippen LogP contribution in [0.15, 0.2) is 0 Å². The van der Waals surface area contributed by atoms with E-state index in [1.807, 2.05) is 0 Å². The van der Waals surface area contributed by atoms with Crippen LogP contribution in [0.5, 0.6) is 0 Å². The van der Waals surface area contributed by atoms with Gasteiger partial charge in [-0.25, -0.2) is 0 Å². The molecule has 0 fully saturated rings. The van der Waals surface area contributed by atoms with Gasteiger partial charge in [-0.15, -0.1) is 0 Å². The van der Waals surface area contributed by atoms with Gasteiger partial charge in [-0.1, -0.05) is 0 Å². The van der Waals surface area contributed by atoms with Crippen molar-refractivity contribution in [1.82, 2.24) is 0 Å². The highest BCUT2D eigenvalue weighted by Crippen LogP contribution is 2.08. The zero-order valence-electron chi connectivity index (χ0n) is 11.4. The lowest BCUT2D eigenvalue weighted by atomic mass is 10.2. The van der Waals surface area contributed by atoms with Crippen molar-refractivity contribution in [3.63, 3.8) is 0 Å². The third kappa shape index (κ3) is 19.8. The van der Waals surface area contributed by atoms with E-state index < -0.39 is 17.5 Å². The monoisotopic (exact) mass is 260 g/mol. The Bertz CT molecular complexity index is 288. The van der Waals surface area contributed by atoms with Crippen molar-refractivity contribution in [2.45, 2.75) is 53.1 Å². The van der Waals surface area contributed by atoms with Gasteiger partial charge in [0.1, 0.15) is 11.9 Å². The van der Waals surface area contributed by atoms with Gasteiger partial charge in [-0.05, 0) is 20.8 Å². The van der Waals surface area contributed by atoms with Gasteiger partial charge in [-0.3, -0.25) is 14.4 Å². The van der Waals surface area contributed by atoms with Crippen LogP contribution in [0.4, 0.5) is 0 Å². The van der Waals surface area contributed by atoms with E-state index in [1.165, 1.54) is 13.8 Å². The number of aldehydes is 1. The van der Waals surface area contributed by atoms with E-state index in [0.29, 0.717) is 6.29 Å². The quantitative estimate of drug-likeness (QED) is 0.433. The first-order valence-corrected chi connectivity index (χ1v) is 5.43. The summed E-state index contributed by atoms with van der Waals surface area (Å²) in [5, 5.41) is 0. The minimum atomic E-state index is -0.562. The van der Waals surface area contributed by atoms with Gasteiger partial charge in [0.2, 0.25) is 0 Å². The number of carbonyl (C=O) groups excluding carboxylic acids is 4. The Balaban J connectivity index is 0. The minimum Gasteiger partial charge on any atom is -0.460 e. The number of ether oxygens (including phenoxy) is 2. The van der Waals surface area contributed by atoms with Gasteiger partial charge < -0.3 is 14.3 Å². The maximum atomic E-state index is 10.8. The zero-order valence-corrected chi connectivity index (χ0v) is 11.4. The second-order valence-electron chi connectivity index (χ2n) is 4.38.